The highest BCUT2D eigenvalue weighted by atomic mass is 14.1. The highest BCUT2D eigenvalue weighted by Crippen LogP contribution is 2.35. The molecule has 0 heteroatoms. The van der Waals surface area contributed by atoms with Gasteiger partial charge in [-0.05, 0) is 62.5 Å². The first-order valence-corrected chi connectivity index (χ1v) is 8.71. The Morgan fingerprint density at radius 1 is 0.440 bits per heavy atom. The molecule has 0 nitrogen and oxygen atoms in total. The van der Waals surface area contributed by atoms with Gasteiger partial charge in [0.15, 0.2) is 0 Å². The van der Waals surface area contributed by atoms with Crippen LogP contribution in [0.2, 0.25) is 0 Å². The number of rotatable bonds is 1. The molecule has 0 spiro atoms. The minimum Gasteiger partial charge on any atom is -0.0616 e. The molecule has 0 saturated heterocycles. The maximum Gasteiger partial charge on any atom is -0.00928 e. The third kappa shape index (κ3) is 2.30. The van der Waals surface area contributed by atoms with Gasteiger partial charge < -0.3 is 0 Å². The molecule has 0 N–H and O–H groups in total. The van der Waals surface area contributed by atoms with Crippen LogP contribution in [0.4, 0.5) is 0 Å². The summed E-state index contributed by atoms with van der Waals surface area (Å²) < 4.78 is 0. The number of fused-ring (bicyclic) bond motifs is 5. The molecule has 5 rings (SSSR count). The number of hydrogen-bond donors (Lipinski definition) is 0. The first-order valence-electron chi connectivity index (χ1n) is 8.71. The predicted molar refractivity (Wildman–Crippen MR) is 109 cm³/mol. The molecule has 25 heavy (non-hydrogen) atoms. The van der Waals surface area contributed by atoms with Crippen LogP contribution in [0.1, 0.15) is 5.56 Å². The number of hydrogen-bond acceptors (Lipinski definition) is 0. The van der Waals surface area contributed by atoms with Crippen LogP contribution in [0.25, 0.3) is 43.4 Å². The predicted octanol–water partition coefficient (Wildman–Crippen LogP) is 7.12. The molecule has 0 fully saturated rings. The Labute approximate surface area is 147 Å². The second-order valence-corrected chi connectivity index (χ2v) is 6.75. The molecule has 0 aromatic heterocycles. The molecule has 5 aromatic carbocycles. The third-order valence-corrected chi connectivity index (χ3v) is 5.11. The first kappa shape index (κ1) is 14.2. The summed E-state index contributed by atoms with van der Waals surface area (Å²) in [6, 6.07) is 33.1. The van der Waals surface area contributed by atoms with Crippen molar-refractivity contribution >= 4 is 32.3 Å². The van der Waals surface area contributed by atoms with Gasteiger partial charge in [0.1, 0.15) is 0 Å². The average molecular weight is 318 g/mol. The molecular weight excluding hydrogens is 300 g/mol. The van der Waals surface area contributed by atoms with E-state index < -0.39 is 0 Å². The van der Waals surface area contributed by atoms with E-state index in [-0.39, 0.29) is 0 Å². The van der Waals surface area contributed by atoms with Gasteiger partial charge in [0.05, 0.1) is 0 Å². The second-order valence-electron chi connectivity index (χ2n) is 6.75. The summed E-state index contributed by atoms with van der Waals surface area (Å²) >= 11 is 0. The lowest BCUT2D eigenvalue weighted by molar-refractivity contribution is 1.47. The van der Waals surface area contributed by atoms with Crippen LogP contribution in [0.15, 0.2) is 91.0 Å². The van der Waals surface area contributed by atoms with Gasteiger partial charge in [-0.2, -0.15) is 0 Å². The Bertz CT molecular complexity index is 1230. The molecule has 5 aromatic rings. The Morgan fingerprint density at radius 2 is 1.24 bits per heavy atom. The molecule has 0 bridgehead atoms. The van der Waals surface area contributed by atoms with E-state index in [2.05, 4.69) is 97.9 Å². The van der Waals surface area contributed by atoms with Crippen molar-refractivity contribution in [3.8, 4) is 11.1 Å². The second kappa shape index (κ2) is 5.46. The summed E-state index contributed by atoms with van der Waals surface area (Å²) in [6.07, 6.45) is 0. The lowest BCUT2D eigenvalue weighted by Crippen LogP contribution is -1.76. The SMILES string of the molecule is Cc1ccc(-c2cccc3ccc4c5ccccc5cc4c3c2)cc1. The molecule has 0 aliphatic rings. The van der Waals surface area contributed by atoms with E-state index in [0.29, 0.717) is 0 Å². The summed E-state index contributed by atoms with van der Waals surface area (Å²) in [5.41, 5.74) is 3.81. The van der Waals surface area contributed by atoms with Gasteiger partial charge >= 0.3 is 0 Å². The van der Waals surface area contributed by atoms with E-state index in [1.54, 1.807) is 0 Å². The molecule has 0 heterocycles. The van der Waals surface area contributed by atoms with Gasteiger partial charge in [-0.3, -0.25) is 0 Å². The van der Waals surface area contributed by atoms with Crippen LogP contribution in [0, 0.1) is 6.92 Å². The lowest BCUT2D eigenvalue weighted by Gasteiger charge is -2.02. The molecule has 0 unspecified atom stereocenters. The van der Waals surface area contributed by atoms with E-state index in [0.717, 1.165) is 0 Å². The van der Waals surface area contributed by atoms with Crippen molar-refractivity contribution in [1.82, 2.24) is 0 Å². The van der Waals surface area contributed by atoms with Gasteiger partial charge in [0, 0.05) is 0 Å². The normalized spacial score (nSPS) is 11.4. The van der Waals surface area contributed by atoms with Crippen LogP contribution in [-0.4, -0.2) is 0 Å². The van der Waals surface area contributed by atoms with E-state index in [9.17, 15) is 0 Å². The van der Waals surface area contributed by atoms with Crippen LogP contribution < -0.4 is 0 Å². The molecule has 0 atom stereocenters. The van der Waals surface area contributed by atoms with E-state index in [1.807, 2.05) is 0 Å². The fraction of sp³-hybridized carbons (Fsp3) is 0.0400. The maximum atomic E-state index is 2.33. The molecule has 0 radical (unpaired) electrons. The fourth-order valence-electron chi connectivity index (χ4n) is 3.76. The smallest absolute Gasteiger partial charge is 0.00928 e. The zero-order valence-electron chi connectivity index (χ0n) is 14.2. The van der Waals surface area contributed by atoms with E-state index in [1.165, 1.54) is 49.0 Å². The topological polar surface area (TPSA) is 0 Å². The van der Waals surface area contributed by atoms with Crippen molar-refractivity contribution in [3.63, 3.8) is 0 Å². The average Bonchev–Trinajstić information content (AvgIpc) is 2.87. The monoisotopic (exact) mass is 318 g/mol. The van der Waals surface area contributed by atoms with Crippen molar-refractivity contribution < 1.29 is 0 Å². The molecular formula is C25H18. The van der Waals surface area contributed by atoms with Crippen molar-refractivity contribution in [3.05, 3.63) is 96.6 Å². The fourth-order valence-corrected chi connectivity index (χ4v) is 3.76. The Hall–Kier alpha value is -3.12. The standard InChI is InChI=1S/C25H18/c1-17-9-11-18(12-10-17)20-7-4-6-19-13-14-23-22-8-3-2-5-21(22)16-25(23)24(19)15-20/h2-16H,1H3. The van der Waals surface area contributed by atoms with Gasteiger partial charge in [0.25, 0.3) is 0 Å². The summed E-state index contributed by atoms with van der Waals surface area (Å²) in [5, 5.41) is 7.92. The van der Waals surface area contributed by atoms with Crippen LogP contribution in [0.5, 0.6) is 0 Å². The summed E-state index contributed by atoms with van der Waals surface area (Å²) in [7, 11) is 0. The van der Waals surface area contributed by atoms with Gasteiger partial charge in [-0.15, -0.1) is 0 Å². The molecule has 118 valence electrons. The first-order chi connectivity index (χ1) is 12.3. The minimum atomic E-state index is 1.26. The van der Waals surface area contributed by atoms with Crippen molar-refractivity contribution in [2.24, 2.45) is 0 Å². The van der Waals surface area contributed by atoms with Crippen LogP contribution >= 0.6 is 0 Å². The van der Waals surface area contributed by atoms with Crippen molar-refractivity contribution in [2.75, 3.05) is 0 Å². The minimum absolute atomic E-state index is 1.26. The summed E-state index contributed by atoms with van der Waals surface area (Å²) in [6.45, 7) is 2.13. The zero-order valence-corrected chi connectivity index (χ0v) is 14.2. The summed E-state index contributed by atoms with van der Waals surface area (Å²) in [5.74, 6) is 0. The van der Waals surface area contributed by atoms with Crippen molar-refractivity contribution in [1.29, 1.82) is 0 Å². The molecule has 0 saturated carbocycles. The van der Waals surface area contributed by atoms with Gasteiger partial charge in [0.2, 0.25) is 0 Å². The van der Waals surface area contributed by atoms with E-state index in [4.69, 9.17) is 0 Å². The third-order valence-electron chi connectivity index (χ3n) is 5.11. The quantitative estimate of drug-likeness (QED) is 0.308. The highest BCUT2D eigenvalue weighted by Gasteiger charge is 2.07. The Kier molecular flexibility index (Phi) is 3.11. The van der Waals surface area contributed by atoms with Gasteiger partial charge in [-0.25, -0.2) is 0 Å². The lowest BCUT2D eigenvalue weighted by atomic mass is 10.0. The van der Waals surface area contributed by atoms with E-state index >= 15 is 0 Å². The maximum absolute atomic E-state index is 2.33. The zero-order chi connectivity index (χ0) is 16.8. The van der Waals surface area contributed by atoms with Crippen LogP contribution in [-0.2, 0) is 0 Å². The van der Waals surface area contributed by atoms with Crippen molar-refractivity contribution in [2.45, 2.75) is 6.92 Å². The molecule has 0 aliphatic heterocycles. The molecule has 0 amide bonds. The Balaban J connectivity index is 1.88. The molecule has 0 aliphatic carbocycles. The summed E-state index contributed by atoms with van der Waals surface area (Å²) in [4.78, 5) is 0. The number of benzene rings is 3. The van der Waals surface area contributed by atoms with Crippen LogP contribution in [0.3, 0.4) is 0 Å². The highest BCUT2D eigenvalue weighted by molar-refractivity contribution is 6.21. The largest absolute Gasteiger partial charge is 0.0616 e. The number of aryl methyl sites for hydroxylation is 1. The Morgan fingerprint density at radius 3 is 2.12 bits per heavy atom. The van der Waals surface area contributed by atoms with Gasteiger partial charge in [-0.1, -0.05) is 84.4 Å².